The molecule has 0 amide bonds. The highest BCUT2D eigenvalue weighted by Crippen LogP contribution is 2.18. The van der Waals surface area contributed by atoms with Crippen molar-refractivity contribution < 1.29 is 18.1 Å². The molecule has 0 bridgehead atoms. The normalized spacial score (nSPS) is 16.0. The van der Waals surface area contributed by atoms with Crippen LogP contribution in [0.2, 0.25) is 0 Å². The van der Waals surface area contributed by atoms with Crippen LogP contribution in [0.1, 0.15) is 58.8 Å². The molecule has 0 fully saturated rings. The van der Waals surface area contributed by atoms with E-state index in [4.69, 9.17) is 4.55 Å². The van der Waals surface area contributed by atoms with Crippen molar-refractivity contribution in [1.29, 1.82) is 0 Å². The monoisotopic (exact) mass is 252 g/mol. The van der Waals surface area contributed by atoms with E-state index in [1.54, 1.807) is 0 Å². The zero-order valence-electron chi connectivity index (χ0n) is 10.2. The van der Waals surface area contributed by atoms with Crippen LogP contribution in [0.25, 0.3) is 0 Å². The molecule has 2 unspecified atom stereocenters. The molecule has 2 N–H and O–H groups in total. The number of aliphatic hydroxyl groups excluding tert-OH is 1. The summed E-state index contributed by atoms with van der Waals surface area (Å²) in [5.41, 5.74) is 0. The van der Waals surface area contributed by atoms with E-state index in [0.717, 1.165) is 32.1 Å². The van der Waals surface area contributed by atoms with Crippen molar-refractivity contribution in [3.05, 3.63) is 0 Å². The second-order valence-corrected chi connectivity index (χ2v) is 5.89. The van der Waals surface area contributed by atoms with Crippen LogP contribution in [0.5, 0.6) is 0 Å². The fourth-order valence-corrected chi connectivity index (χ4v) is 2.73. The number of unbranched alkanes of at least 4 members (excludes halogenated alkanes) is 3. The Morgan fingerprint density at radius 3 is 2.00 bits per heavy atom. The van der Waals surface area contributed by atoms with Gasteiger partial charge in [0.2, 0.25) is 0 Å². The van der Waals surface area contributed by atoms with E-state index < -0.39 is 21.5 Å². The van der Waals surface area contributed by atoms with Gasteiger partial charge in [-0.2, -0.15) is 8.42 Å². The van der Waals surface area contributed by atoms with Gasteiger partial charge in [0.1, 0.15) is 5.25 Å². The molecule has 0 aliphatic carbocycles. The van der Waals surface area contributed by atoms with Crippen molar-refractivity contribution in [3.8, 4) is 0 Å². The molecule has 0 aromatic heterocycles. The Bertz CT molecular complexity index is 261. The van der Waals surface area contributed by atoms with E-state index in [1.165, 1.54) is 0 Å². The number of hydrogen-bond acceptors (Lipinski definition) is 3. The van der Waals surface area contributed by atoms with Crippen molar-refractivity contribution in [2.75, 3.05) is 0 Å². The predicted molar refractivity (Wildman–Crippen MR) is 65.0 cm³/mol. The summed E-state index contributed by atoms with van der Waals surface area (Å²) in [6.45, 7) is 4.00. The molecule has 0 saturated carbocycles. The van der Waals surface area contributed by atoms with Gasteiger partial charge in [-0.3, -0.25) is 4.55 Å². The van der Waals surface area contributed by atoms with Crippen molar-refractivity contribution in [2.24, 2.45) is 0 Å². The van der Waals surface area contributed by atoms with E-state index in [-0.39, 0.29) is 0 Å². The van der Waals surface area contributed by atoms with Crippen molar-refractivity contribution in [3.63, 3.8) is 0 Å². The van der Waals surface area contributed by atoms with Crippen molar-refractivity contribution in [1.82, 2.24) is 0 Å². The average Bonchev–Trinajstić information content (AvgIpc) is 2.19. The molecule has 0 radical (unpaired) electrons. The first-order chi connectivity index (χ1) is 7.43. The van der Waals surface area contributed by atoms with Crippen LogP contribution in [-0.4, -0.2) is 29.4 Å². The van der Waals surface area contributed by atoms with Crippen LogP contribution in [0.3, 0.4) is 0 Å². The average molecular weight is 252 g/mol. The molecule has 0 aromatic rings. The summed E-state index contributed by atoms with van der Waals surface area (Å²) in [5.74, 6) is 0. The number of aliphatic hydroxyl groups is 1. The largest absolute Gasteiger partial charge is 0.392 e. The zero-order chi connectivity index (χ0) is 12.6. The minimum Gasteiger partial charge on any atom is -0.392 e. The highest BCUT2D eigenvalue weighted by molar-refractivity contribution is 7.86. The Hall–Kier alpha value is -0.130. The lowest BCUT2D eigenvalue weighted by Crippen LogP contribution is -2.33. The fraction of sp³-hybridized carbons (Fsp3) is 1.00. The summed E-state index contributed by atoms with van der Waals surface area (Å²) in [7, 11) is -4.13. The first-order valence-corrected chi connectivity index (χ1v) is 7.58. The van der Waals surface area contributed by atoms with Crippen LogP contribution in [0.15, 0.2) is 0 Å². The molecular formula is C11H24O4S. The van der Waals surface area contributed by atoms with Gasteiger partial charge in [-0.15, -0.1) is 0 Å². The second-order valence-electron chi connectivity index (χ2n) is 4.26. The van der Waals surface area contributed by atoms with Gasteiger partial charge in [-0.05, 0) is 12.8 Å². The highest BCUT2D eigenvalue weighted by atomic mass is 32.2. The summed E-state index contributed by atoms with van der Waals surface area (Å²) >= 11 is 0. The molecule has 98 valence electrons. The Morgan fingerprint density at radius 1 is 1.00 bits per heavy atom. The second kappa shape index (κ2) is 8.03. The van der Waals surface area contributed by atoms with Gasteiger partial charge < -0.3 is 5.11 Å². The molecular weight excluding hydrogens is 228 g/mol. The predicted octanol–water partition coefficient (Wildman–Crippen LogP) is 2.37. The molecule has 0 spiro atoms. The molecule has 0 heterocycles. The Balaban J connectivity index is 4.31. The van der Waals surface area contributed by atoms with Gasteiger partial charge in [-0.25, -0.2) is 0 Å². The van der Waals surface area contributed by atoms with E-state index in [0.29, 0.717) is 12.8 Å². The smallest absolute Gasteiger partial charge is 0.270 e. The SMILES string of the molecule is CCCCCC(C(O)CCCC)S(=O)(=O)O. The molecule has 2 atom stereocenters. The molecule has 0 saturated heterocycles. The van der Waals surface area contributed by atoms with Gasteiger partial charge in [0, 0.05) is 0 Å². The van der Waals surface area contributed by atoms with Crippen molar-refractivity contribution in [2.45, 2.75) is 70.1 Å². The van der Waals surface area contributed by atoms with Crippen molar-refractivity contribution >= 4 is 10.1 Å². The van der Waals surface area contributed by atoms with Gasteiger partial charge >= 0.3 is 0 Å². The first-order valence-electron chi connectivity index (χ1n) is 6.07. The maximum atomic E-state index is 11.1. The molecule has 16 heavy (non-hydrogen) atoms. The van der Waals surface area contributed by atoms with E-state index in [9.17, 15) is 13.5 Å². The summed E-state index contributed by atoms with van der Waals surface area (Å²) in [5, 5.41) is 8.73. The molecule has 4 nitrogen and oxygen atoms in total. The summed E-state index contributed by atoms with van der Waals surface area (Å²) in [6, 6.07) is 0. The number of rotatable bonds is 9. The highest BCUT2D eigenvalue weighted by Gasteiger charge is 2.29. The summed E-state index contributed by atoms with van der Waals surface area (Å²) in [6.07, 6.45) is 4.17. The summed E-state index contributed by atoms with van der Waals surface area (Å²) in [4.78, 5) is 0. The summed E-state index contributed by atoms with van der Waals surface area (Å²) < 4.78 is 31.3. The lowest BCUT2D eigenvalue weighted by molar-refractivity contribution is 0.147. The minimum absolute atomic E-state index is 0.345. The quantitative estimate of drug-likeness (QED) is 0.488. The molecule has 0 rings (SSSR count). The molecule has 5 heteroatoms. The first kappa shape index (κ1) is 15.9. The zero-order valence-corrected chi connectivity index (χ0v) is 11.0. The van der Waals surface area contributed by atoms with Crippen LogP contribution in [-0.2, 0) is 10.1 Å². The van der Waals surface area contributed by atoms with Gasteiger partial charge in [0.25, 0.3) is 10.1 Å². The van der Waals surface area contributed by atoms with Crippen LogP contribution < -0.4 is 0 Å². The number of hydrogen-bond donors (Lipinski definition) is 2. The third-order valence-corrected chi connectivity index (χ3v) is 4.07. The molecule has 0 aliphatic rings. The fourth-order valence-electron chi connectivity index (χ4n) is 1.73. The third-order valence-electron chi connectivity index (χ3n) is 2.76. The maximum absolute atomic E-state index is 11.1. The van der Waals surface area contributed by atoms with E-state index >= 15 is 0 Å². The molecule has 0 aromatic carbocycles. The Morgan fingerprint density at radius 2 is 1.56 bits per heavy atom. The van der Waals surface area contributed by atoms with E-state index in [1.807, 2.05) is 13.8 Å². The Labute approximate surface area is 98.8 Å². The van der Waals surface area contributed by atoms with Crippen LogP contribution in [0.4, 0.5) is 0 Å². The van der Waals surface area contributed by atoms with E-state index in [2.05, 4.69) is 0 Å². The maximum Gasteiger partial charge on any atom is 0.270 e. The van der Waals surface area contributed by atoms with Gasteiger partial charge in [-0.1, -0.05) is 46.0 Å². The Kier molecular flexibility index (Phi) is 7.97. The van der Waals surface area contributed by atoms with Gasteiger partial charge in [0.15, 0.2) is 0 Å². The minimum atomic E-state index is -4.13. The van der Waals surface area contributed by atoms with Gasteiger partial charge in [0.05, 0.1) is 6.10 Å². The van der Waals surface area contributed by atoms with Crippen LogP contribution in [0, 0.1) is 0 Å². The third kappa shape index (κ3) is 6.45. The lowest BCUT2D eigenvalue weighted by Gasteiger charge is -2.19. The molecule has 0 aliphatic heterocycles. The lowest BCUT2D eigenvalue weighted by atomic mass is 10.0. The standard InChI is InChI=1S/C11H24O4S/c1-3-5-7-9-11(16(13,14)15)10(12)8-6-4-2/h10-12H,3-9H2,1-2H3,(H,13,14,15). The van der Waals surface area contributed by atoms with Crippen LogP contribution >= 0.6 is 0 Å². The topological polar surface area (TPSA) is 74.6 Å².